The van der Waals surface area contributed by atoms with Crippen LogP contribution in [0.25, 0.3) is 11.0 Å². The van der Waals surface area contributed by atoms with E-state index in [2.05, 4.69) is 5.16 Å². The zero-order valence-electron chi connectivity index (χ0n) is 11.1. The molecule has 0 aliphatic carbocycles. The second-order valence-electron chi connectivity index (χ2n) is 4.61. The van der Waals surface area contributed by atoms with Gasteiger partial charge in [-0.25, -0.2) is 17.2 Å². The molecule has 1 N–H and O–H groups in total. The van der Waals surface area contributed by atoms with Crippen LogP contribution in [0.4, 0.5) is 14.5 Å². The van der Waals surface area contributed by atoms with Crippen LogP contribution in [0.5, 0.6) is 0 Å². The van der Waals surface area contributed by atoms with Gasteiger partial charge in [0.05, 0.1) is 5.69 Å². The fraction of sp³-hybridized carbons (Fsp3) is 0.0714. The van der Waals surface area contributed by atoms with Crippen LogP contribution in [0.2, 0.25) is 0 Å². The Hall–Kier alpha value is -2.48. The molecule has 0 amide bonds. The first kappa shape index (κ1) is 14.5. The molecule has 5 nitrogen and oxygen atoms in total. The van der Waals surface area contributed by atoms with Crippen molar-refractivity contribution in [3.8, 4) is 0 Å². The van der Waals surface area contributed by atoms with Crippen molar-refractivity contribution < 1.29 is 21.7 Å². The number of aromatic nitrogens is 1. The van der Waals surface area contributed by atoms with Crippen LogP contribution in [-0.4, -0.2) is 13.6 Å². The summed E-state index contributed by atoms with van der Waals surface area (Å²) in [5.74, 6) is -2.12. The Labute approximate surface area is 124 Å². The van der Waals surface area contributed by atoms with Crippen molar-refractivity contribution in [1.82, 2.24) is 5.16 Å². The number of hydrogen-bond donors (Lipinski definition) is 1. The molecule has 0 unspecified atom stereocenters. The fourth-order valence-electron chi connectivity index (χ4n) is 2.00. The Morgan fingerprint density at radius 3 is 2.73 bits per heavy atom. The second kappa shape index (κ2) is 5.38. The second-order valence-corrected chi connectivity index (χ2v) is 6.33. The van der Waals surface area contributed by atoms with E-state index in [1.54, 1.807) is 24.3 Å². The molecule has 0 radical (unpaired) electrons. The van der Waals surface area contributed by atoms with E-state index < -0.39 is 33.1 Å². The van der Waals surface area contributed by atoms with Gasteiger partial charge in [-0.1, -0.05) is 17.3 Å². The van der Waals surface area contributed by atoms with Gasteiger partial charge in [-0.3, -0.25) is 4.72 Å². The zero-order chi connectivity index (χ0) is 15.7. The Morgan fingerprint density at radius 2 is 1.91 bits per heavy atom. The Morgan fingerprint density at radius 1 is 1.14 bits per heavy atom. The molecule has 0 atom stereocenters. The summed E-state index contributed by atoms with van der Waals surface area (Å²) in [7, 11) is -3.97. The number of rotatable bonds is 4. The largest absolute Gasteiger partial charge is 0.356 e. The lowest BCUT2D eigenvalue weighted by molar-refractivity contribution is 0.448. The number of para-hydroxylation sites is 1. The molecule has 3 rings (SSSR count). The highest BCUT2D eigenvalue weighted by molar-refractivity contribution is 7.91. The molecule has 22 heavy (non-hydrogen) atoms. The van der Waals surface area contributed by atoms with Crippen LogP contribution in [0, 0.1) is 11.6 Å². The highest BCUT2D eigenvalue weighted by Crippen LogP contribution is 2.22. The third-order valence-electron chi connectivity index (χ3n) is 2.97. The summed E-state index contributed by atoms with van der Waals surface area (Å²) < 4.78 is 57.8. The maximum absolute atomic E-state index is 13.5. The molecule has 0 saturated carbocycles. The van der Waals surface area contributed by atoms with E-state index >= 15 is 0 Å². The van der Waals surface area contributed by atoms with Gasteiger partial charge >= 0.3 is 0 Å². The molecule has 0 bridgehead atoms. The summed E-state index contributed by atoms with van der Waals surface area (Å²) in [5, 5.41) is 4.25. The first-order chi connectivity index (χ1) is 10.4. The van der Waals surface area contributed by atoms with Gasteiger partial charge in [-0.15, -0.1) is 0 Å². The number of halogens is 2. The molecule has 0 fully saturated rings. The molecular formula is C14H10F2N2O3S. The minimum absolute atomic E-state index is 0.194. The molecule has 0 aliphatic heterocycles. The Bertz CT molecular complexity index is 938. The highest BCUT2D eigenvalue weighted by Gasteiger charge is 2.19. The summed E-state index contributed by atoms with van der Waals surface area (Å²) in [6.07, 6.45) is 0. The minimum atomic E-state index is -3.97. The smallest absolute Gasteiger partial charge is 0.238 e. The van der Waals surface area contributed by atoms with Crippen LogP contribution >= 0.6 is 0 Å². The Balaban J connectivity index is 1.89. The average Bonchev–Trinajstić information content (AvgIpc) is 2.85. The van der Waals surface area contributed by atoms with Crippen molar-refractivity contribution in [3.63, 3.8) is 0 Å². The molecule has 0 aliphatic rings. The van der Waals surface area contributed by atoms with Crippen LogP contribution in [0.3, 0.4) is 0 Å². The first-order valence-corrected chi connectivity index (χ1v) is 7.89. The lowest BCUT2D eigenvalue weighted by Crippen LogP contribution is -2.16. The van der Waals surface area contributed by atoms with Gasteiger partial charge in [0.25, 0.3) is 0 Å². The summed E-state index contributed by atoms with van der Waals surface area (Å²) >= 11 is 0. The van der Waals surface area contributed by atoms with Crippen molar-refractivity contribution in [2.45, 2.75) is 5.75 Å². The monoisotopic (exact) mass is 324 g/mol. The number of sulfonamides is 1. The summed E-state index contributed by atoms with van der Waals surface area (Å²) in [5.41, 5.74) is 0.192. The minimum Gasteiger partial charge on any atom is -0.356 e. The van der Waals surface area contributed by atoms with E-state index in [1.165, 1.54) is 0 Å². The van der Waals surface area contributed by atoms with Gasteiger partial charge in [-0.05, 0) is 24.3 Å². The fourth-order valence-corrected chi connectivity index (χ4v) is 3.13. The van der Waals surface area contributed by atoms with Crippen LogP contribution in [0.15, 0.2) is 47.0 Å². The van der Waals surface area contributed by atoms with Crippen LogP contribution < -0.4 is 4.72 Å². The third-order valence-corrected chi connectivity index (χ3v) is 4.16. The Kier molecular flexibility index (Phi) is 3.53. The predicted octanol–water partition coefficient (Wildman–Crippen LogP) is 3.05. The van der Waals surface area contributed by atoms with Gasteiger partial charge < -0.3 is 4.52 Å². The molecule has 1 heterocycles. The normalized spacial score (nSPS) is 11.7. The SMILES string of the molecule is O=S(=O)(Cc1noc2ccccc12)Nc1cc(F)ccc1F. The summed E-state index contributed by atoms with van der Waals surface area (Å²) in [6.45, 7) is 0. The quantitative estimate of drug-likeness (QED) is 0.800. The number of benzene rings is 2. The first-order valence-electron chi connectivity index (χ1n) is 6.23. The van der Waals surface area contributed by atoms with E-state index in [4.69, 9.17) is 4.52 Å². The van der Waals surface area contributed by atoms with Crippen molar-refractivity contribution in [3.05, 3.63) is 59.8 Å². The van der Waals surface area contributed by atoms with E-state index in [0.717, 1.165) is 18.2 Å². The van der Waals surface area contributed by atoms with Gasteiger partial charge in [-0.2, -0.15) is 0 Å². The van der Waals surface area contributed by atoms with Crippen LogP contribution in [0.1, 0.15) is 5.69 Å². The molecule has 114 valence electrons. The number of nitrogens with zero attached hydrogens (tertiary/aromatic N) is 1. The zero-order valence-corrected chi connectivity index (χ0v) is 11.9. The third kappa shape index (κ3) is 2.91. The summed E-state index contributed by atoms with van der Waals surface area (Å²) in [6, 6.07) is 9.28. The van der Waals surface area contributed by atoms with Crippen molar-refractivity contribution in [2.24, 2.45) is 0 Å². The average molecular weight is 324 g/mol. The molecule has 3 aromatic rings. The van der Waals surface area contributed by atoms with Gasteiger partial charge in [0.1, 0.15) is 23.1 Å². The molecule has 1 aromatic heterocycles. The number of nitrogens with one attached hydrogen (secondary N) is 1. The number of anilines is 1. The molecule has 0 saturated heterocycles. The topological polar surface area (TPSA) is 72.2 Å². The lowest BCUT2D eigenvalue weighted by Gasteiger charge is -2.07. The van der Waals surface area contributed by atoms with Crippen molar-refractivity contribution in [2.75, 3.05) is 4.72 Å². The van der Waals surface area contributed by atoms with Crippen molar-refractivity contribution in [1.29, 1.82) is 0 Å². The molecule has 0 spiro atoms. The van der Waals surface area contributed by atoms with Crippen LogP contribution in [-0.2, 0) is 15.8 Å². The van der Waals surface area contributed by atoms with E-state index in [-0.39, 0.29) is 5.69 Å². The van der Waals surface area contributed by atoms with E-state index in [1.807, 2.05) is 4.72 Å². The maximum Gasteiger partial charge on any atom is 0.238 e. The number of hydrogen-bond acceptors (Lipinski definition) is 4. The molecular weight excluding hydrogens is 314 g/mol. The van der Waals surface area contributed by atoms with Gasteiger partial charge in [0.2, 0.25) is 10.0 Å². The highest BCUT2D eigenvalue weighted by atomic mass is 32.2. The van der Waals surface area contributed by atoms with E-state index in [0.29, 0.717) is 11.0 Å². The van der Waals surface area contributed by atoms with E-state index in [9.17, 15) is 17.2 Å². The lowest BCUT2D eigenvalue weighted by atomic mass is 10.2. The maximum atomic E-state index is 13.5. The molecule has 2 aromatic carbocycles. The number of fused-ring (bicyclic) bond motifs is 1. The standard InChI is InChI=1S/C14H10F2N2O3S/c15-9-5-6-11(16)12(7-9)18-22(19,20)8-13-10-3-1-2-4-14(10)21-17-13/h1-7,18H,8H2. The van der Waals surface area contributed by atoms with Gasteiger partial charge in [0.15, 0.2) is 5.58 Å². The van der Waals surface area contributed by atoms with Crippen molar-refractivity contribution >= 4 is 26.7 Å². The molecule has 8 heteroatoms. The predicted molar refractivity (Wildman–Crippen MR) is 76.6 cm³/mol. The summed E-state index contributed by atoms with van der Waals surface area (Å²) in [4.78, 5) is 0. The van der Waals surface area contributed by atoms with Gasteiger partial charge in [0, 0.05) is 11.5 Å².